The van der Waals surface area contributed by atoms with E-state index in [1.165, 1.54) is 12.8 Å². The van der Waals surface area contributed by atoms with Crippen LogP contribution in [0.25, 0.3) is 0 Å². The minimum atomic E-state index is 0. The van der Waals surface area contributed by atoms with Crippen LogP contribution < -0.4 is 5.32 Å². The number of likely N-dealkylation sites (tertiary alicyclic amines) is 1. The lowest BCUT2D eigenvalue weighted by Gasteiger charge is -2.39. The van der Waals surface area contributed by atoms with Crippen molar-refractivity contribution in [3.63, 3.8) is 0 Å². The minimum absolute atomic E-state index is 0. The molecule has 1 aromatic heterocycles. The number of rotatable bonds is 4. The lowest BCUT2D eigenvalue weighted by atomic mass is 9.93. The molecule has 0 spiro atoms. The number of imidazole rings is 1. The van der Waals surface area contributed by atoms with Crippen LogP contribution in [0, 0.1) is 17.8 Å². The first kappa shape index (κ1) is 20.7. The van der Waals surface area contributed by atoms with E-state index in [4.69, 9.17) is 4.99 Å². The molecule has 5 rings (SSSR count). The summed E-state index contributed by atoms with van der Waals surface area (Å²) in [6, 6.07) is 9.46. The molecule has 0 amide bonds. The van der Waals surface area contributed by atoms with E-state index in [9.17, 15) is 0 Å². The third-order valence-electron chi connectivity index (χ3n) is 7.11. The Balaban J connectivity index is 0.00000205. The van der Waals surface area contributed by atoms with Crippen molar-refractivity contribution in [3.8, 4) is 0 Å². The standard InChI is InChI=1S/C23H31N5.HI/c1-3-25-23(27-10-8-16(2)21(14-27)28-11-9-24-15-28)26-13-20-19-12-17-6-4-5-7-18(17)22(19)20;/h4-7,9,11,15-16,19-22H,3,8,10,12-14H2,1-2H3,(H,25,26);1H. The number of aliphatic imine (C=N–C) groups is 1. The van der Waals surface area contributed by atoms with Gasteiger partial charge in [0.05, 0.1) is 12.4 Å². The average molecular weight is 505 g/mol. The van der Waals surface area contributed by atoms with Gasteiger partial charge in [-0.05, 0) is 54.6 Å². The van der Waals surface area contributed by atoms with Crippen LogP contribution in [0.5, 0.6) is 0 Å². The molecule has 2 aliphatic carbocycles. The first-order chi connectivity index (χ1) is 13.8. The molecule has 5 atom stereocenters. The number of benzene rings is 1. The molecule has 1 aliphatic heterocycles. The van der Waals surface area contributed by atoms with Gasteiger partial charge >= 0.3 is 0 Å². The number of nitrogens with zero attached hydrogens (tertiary/aromatic N) is 4. The SMILES string of the molecule is CCNC(=NCC1C2Cc3ccccc3C12)N1CCC(C)C(n2ccnc2)C1.I. The van der Waals surface area contributed by atoms with Crippen molar-refractivity contribution < 1.29 is 0 Å². The third-order valence-corrected chi connectivity index (χ3v) is 7.11. The number of nitrogens with one attached hydrogen (secondary N) is 1. The number of fused-ring (bicyclic) bond motifs is 3. The smallest absolute Gasteiger partial charge is 0.193 e. The molecule has 1 saturated heterocycles. The molecular weight excluding hydrogens is 473 g/mol. The Labute approximate surface area is 191 Å². The summed E-state index contributed by atoms with van der Waals surface area (Å²) in [5.41, 5.74) is 3.16. The van der Waals surface area contributed by atoms with E-state index < -0.39 is 0 Å². The predicted octanol–water partition coefficient (Wildman–Crippen LogP) is 3.94. The summed E-state index contributed by atoms with van der Waals surface area (Å²) in [7, 11) is 0. The van der Waals surface area contributed by atoms with Crippen LogP contribution in [0.3, 0.4) is 0 Å². The van der Waals surface area contributed by atoms with Crippen LogP contribution in [0.4, 0.5) is 0 Å². The van der Waals surface area contributed by atoms with Crippen LogP contribution in [-0.2, 0) is 6.42 Å². The van der Waals surface area contributed by atoms with Gasteiger partial charge in [0.15, 0.2) is 5.96 Å². The van der Waals surface area contributed by atoms with Crippen molar-refractivity contribution in [2.24, 2.45) is 22.7 Å². The Morgan fingerprint density at radius 3 is 2.97 bits per heavy atom. The van der Waals surface area contributed by atoms with Crippen molar-refractivity contribution in [2.45, 2.75) is 38.6 Å². The Morgan fingerprint density at radius 2 is 2.17 bits per heavy atom. The maximum absolute atomic E-state index is 5.10. The highest BCUT2D eigenvalue weighted by Gasteiger charge is 2.55. The number of piperidine rings is 1. The normalized spacial score (nSPS) is 30.3. The van der Waals surface area contributed by atoms with E-state index >= 15 is 0 Å². The summed E-state index contributed by atoms with van der Waals surface area (Å²) >= 11 is 0. The maximum atomic E-state index is 5.10. The van der Waals surface area contributed by atoms with E-state index in [-0.39, 0.29) is 24.0 Å². The highest BCUT2D eigenvalue weighted by molar-refractivity contribution is 14.0. The highest BCUT2D eigenvalue weighted by atomic mass is 127. The lowest BCUT2D eigenvalue weighted by molar-refractivity contribution is 0.189. The number of halogens is 1. The molecule has 1 saturated carbocycles. The summed E-state index contributed by atoms with van der Waals surface area (Å²) in [6.07, 6.45) is 8.38. The Hall–Kier alpha value is -1.57. The summed E-state index contributed by atoms with van der Waals surface area (Å²) < 4.78 is 2.27. The molecular formula is C23H32IN5. The Kier molecular flexibility index (Phi) is 6.18. The molecule has 2 fully saturated rings. The Bertz CT molecular complexity index is 849. The number of aromatic nitrogens is 2. The fourth-order valence-corrected chi connectivity index (χ4v) is 5.45. The van der Waals surface area contributed by atoms with Crippen LogP contribution in [0.15, 0.2) is 48.0 Å². The van der Waals surface area contributed by atoms with Gasteiger partial charge in [-0.15, -0.1) is 24.0 Å². The molecule has 1 aromatic carbocycles. The fourth-order valence-electron chi connectivity index (χ4n) is 5.45. The van der Waals surface area contributed by atoms with Crippen LogP contribution in [0.2, 0.25) is 0 Å². The van der Waals surface area contributed by atoms with Crippen LogP contribution in [-0.4, -0.2) is 46.6 Å². The molecule has 3 aliphatic rings. The van der Waals surface area contributed by atoms with Gasteiger partial charge in [0, 0.05) is 38.6 Å². The van der Waals surface area contributed by atoms with Gasteiger partial charge in [-0.3, -0.25) is 4.99 Å². The first-order valence-corrected chi connectivity index (χ1v) is 10.8. The van der Waals surface area contributed by atoms with E-state index in [0.717, 1.165) is 49.9 Å². The molecule has 5 nitrogen and oxygen atoms in total. The number of hydrogen-bond donors (Lipinski definition) is 1. The van der Waals surface area contributed by atoms with Crippen molar-refractivity contribution in [1.29, 1.82) is 0 Å². The largest absolute Gasteiger partial charge is 0.357 e. The van der Waals surface area contributed by atoms with E-state index in [2.05, 4.69) is 64.1 Å². The van der Waals surface area contributed by atoms with Gasteiger partial charge in [0.1, 0.15) is 0 Å². The zero-order valence-electron chi connectivity index (χ0n) is 17.4. The second kappa shape index (κ2) is 8.66. The second-order valence-corrected chi connectivity index (χ2v) is 8.74. The summed E-state index contributed by atoms with van der Waals surface area (Å²) in [5, 5.41) is 3.55. The fraction of sp³-hybridized carbons (Fsp3) is 0.565. The van der Waals surface area contributed by atoms with Gasteiger partial charge in [0.2, 0.25) is 0 Å². The molecule has 29 heavy (non-hydrogen) atoms. The second-order valence-electron chi connectivity index (χ2n) is 8.74. The molecule has 2 heterocycles. The van der Waals surface area contributed by atoms with Gasteiger partial charge < -0.3 is 14.8 Å². The number of guanidine groups is 1. The topological polar surface area (TPSA) is 45.5 Å². The lowest BCUT2D eigenvalue weighted by Crippen LogP contribution is -2.49. The molecule has 2 aromatic rings. The van der Waals surface area contributed by atoms with Crippen molar-refractivity contribution in [3.05, 3.63) is 54.1 Å². The summed E-state index contributed by atoms with van der Waals surface area (Å²) in [6.45, 7) is 8.48. The first-order valence-electron chi connectivity index (χ1n) is 10.8. The Morgan fingerprint density at radius 1 is 1.31 bits per heavy atom. The van der Waals surface area contributed by atoms with Gasteiger partial charge in [0.25, 0.3) is 0 Å². The monoisotopic (exact) mass is 505 g/mol. The molecule has 156 valence electrons. The number of hydrogen-bond acceptors (Lipinski definition) is 2. The zero-order chi connectivity index (χ0) is 19.1. The van der Waals surface area contributed by atoms with Crippen molar-refractivity contribution in [2.75, 3.05) is 26.2 Å². The molecule has 5 unspecified atom stereocenters. The highest BCUT2D eigenvalue weighted by Crippen LogP contribution is 2.61. The van der Waals surface area contributed by atoms with Crippen LogP contribution in [0.1, 0.15) is 43.4 Å². The molecule has 0 radical (unpaired) electrons. The molecule has 6 heteroatoms. The summed E-state index contributed by atoms with van der Waals surface area (Å²) in [4.78, 5) is 11.8. The summed E-state index contributed by atoms with van der Waals surface area (Å²) in [5.74, 6) is 4.06. The van der Waals surface area contributed by atoms with Gasteiger partial charge in [-0.2, -0.15) is 0 Å². The predicted molar refractivity (Wildman–Crippen MR) is 128 cm³/mol. The van der Waals surface area contributed by atoms with E-state index in [0.29, 0.717) is 12.0 Å². The van der Waals surface area contributed by atoms with Crippen LogP contribution >= 0.6 is 24.0 Å². The quantitative estimate of drug-likeness (QED) is 0.389. The van der Waals surface area contributed by atoms with Crippen molar-refractivity contribution >= 4 is 29.9 Å². The average Bonchev–Trinajstić information content (AvgIpc) is 3.07. The van der Waals surface area contributed by atoms with Gasteiger partial charge in [-0.25, -0.2) is 4.98 Å². The molecule has 0 bridgehead atoms. The third kappa shape index (κ3) is 3.92. The van der Waals surface area contributed by atoms with E-state index in [1.54, 1.807) is 11.1 Å². The molecule has 1 N–H and O–H groups in total. The maximum Gasteiger partial charge on any atom is 0.193 e. The van der Waals surface area contributed by atoms with Gasteiger partial charge in [-0.1, -0.05) is 31.2 Å². The van der Waals surface area contributed by atoms with E-state index in [1.807, 2.05) is 12.5 Å². The zero-order valence-corrected chi connectivity index (χ0v) is 19.7. The van der Waals surface area contributed by atoms with Crippen molar-refractivity contribution in [1.82, 2.24) is 19.8 Å². The minimum Gasteiger partial charge on any atom is -0.357 e.